The number of carbonyl (C=O) groups is 4. The van der Waals surface area contributed by atoms with Crippen LogP contribution >= 0.6 is 0 Å². The zero-order valence-electron chi connectivity index (χ0n) is 22.6. The van der Waals surface area contributed by atoms with E-state index in [1.807, 2.05) is 42.5 Å². The molecule has 2 aliphatic heterocycles. The minimum atomic E-state index is -3.78. The first-order chi connectivity index (χ1) is 19.2. The van der Waals surface area contributed by atoms with Gasteiger partial charge in [0.2, 0.25) is 27.7 Å². The van der Waals surface area contributed by atoms with E-state index in [4.69, 9.17) is 0 Å². The van der Waals surface area contributed by atoms with Crippen LogP contribution in [0.2, 0.25) is 0 Å². The zero-order chi connectivity index (χ0) is 28.3. The molecule has 3 N–H and O–H groups in total. The number of amides is 4. The minimum absolute atomic E-state index is 0.155. The summed E-state index contributed by atoms with van der Waals surface area (Å²) in [5.41, 5.74) is -0.503. The third-order valence-corrected chi connectivity index (χ3v) is 10.2. The second kappa shape index (κ2) is 11.7. The molecule has 2 aliphatic carbocycles. The van der Waals surface area contributed by atoms with Crippen LogP contribution in [0.15, 0.2) is 42.5 Å². The Morgan fingerprint density at radius 1 is 1.00 bits per heavy atom. The van der Waals surface area contributed by atoms with E-state index in [0.29, 0.717) is 45.1 Å². The zero-order valence-corrected chi connectivity index (χ0v) is 23.5. The van der Waals surface area contributed by atoms with Crippen molar-refractivity contribution in [2.45, 2.75) is 93.5 Å². The number of nitrogens with one attached hydrogen (secondary N) is 3. The van der Waals surface area contributed by atoms with Gasteiger partial charge in [0.15, 0.2) is 0 Å². The Bertz CT molecular complexity index is 1280. The van der Waals surface area contributed by atoms with Crippen molar-refractivity contribution >= 4 is 33.7 Å². The highest BCUT2D eigenvalue weighted by molar-refractivity contribution is 7.91. The number of carbonyl (C=O) groups excluding carboxylic acids is 4. The van der Waals surface area contributed by atoms with Crippen LogP contribution in [0.25, 0.3) is 0 Å². The van der Waals surface area contributed by atoms with Gasteiger partial charge >= 0.3 is 0 Å². The van der Waals surface area contributed by atoms with E-state index in [9.17, 15) is 27.6 Å². The van der Waals surface area contributed by atoms with Crippen LogP contribution in [0.4, 0.5) is 0 Å². The Kier molecular flexibility index (Phi) is 8.30. The summed E-state index contributed by atoms with van der Waals surface area (Å²) in [6.45, 7) is 0.376. The predicted molar refractivity (Wildman–Crippen MR) is 148 cm³/mol. The summed E-state index contributed by atoms with van der Waals surface area (Å²) < 4.78 is 27.2. The van der Waals surface area contributed by atoms with E-state index in [0.717, 1.165) is 31.2 Å². The lowest BCUT2D eigenvalue weighted by Gasteiger charge is -2.30. The summed E-state index contributed by atoms with van der Waals surface area (Å²) in [6, 6.07) is 7.78. The van der Waals surface area contributed by atoms with E-state index in [1.165, 1.54) is 4.90 Å². The van der Waals surface area contributed by atoms with Crippen LogP contribution in [0.1, 0.15) is 69.8 Å². The summed E-state index contributed by atoms with van der Waals surface area (Å²) >= 11 is 0. The summed E-state index contributed by atoms with van der Waals surface area (Å²) in [4.78, 5) is 54.9. The van der Waals surface area contributed by atoms with Gasteiger partial charge < -0.3 is 15.5 Å². The Balaban J connectivity index is 1.33. The second-order valence-electron chi connectivity index (χ2n) is 11.5. The average Bonchev–Trinajstić information content (AvgIpc) is 3.84. The highest BCUT2D eigenvalue weighted by atomic mass is 32.2. The van der Waals surface area contributed by atoms with Crippen molar-refractivity contribution in [3.8, 4) is 0 Å². The fraction of sp³-hybridized carbons (Fsp3) is 0.586. The van der Waals surface area contributed by atoms with E-state index < -0.39 is 44.7 Å². The number of fused-ring (bicyclic) bond motifs is 2. The van der Waals surface area contributed by atoms with Gasteiger partial charge in [-0.2, -0.15) is 0 Å². The summed E-state index contributed by atoms with van der Waals surface area (Å²) in [6.07, 6.45) is 10.1. The number of benzene rings is 1. The minimum Gasteiger partial charge on any atom is -0.344 e. The molecule has 4 amide bonds. The molecule has 2 heterocycles. The molecule has 1 aromatic carbocycles. The lowest BCUT2D eigenvalue weighted by atomic mass is 10.0. The first-order valence-corrected chi connectivity index (χ1v) is 15.9. The van der Waals surface area contributed by atoms with Crippen molar-refractivity contribution in [3.05, 3.63) is 48.0 Å². The number of hydrogen-bond acceptors (Lipinski definition) is 6. The molecule has 2 saturated carbocycles. The number of sulfonamides is 1. The molecular formula is C29H38N4O6S. The molecule has 0 bridgehead atoms. The quantitative estimate of drug-likeness (QED) is 0.445. The van der Waals surface area contributed by atoms with Crippen LogP contribution in [-0.2, 0) is 35.6 Å². The Labute approximate surface area is 235 Å². The van der Waals surface area contributed by atoms with Crippen molar-refractivity contribution in [3.63, 3.8) is 0 Å². The van der Waals surface area contributed by atoms with Gasteiger partial charge in [-0.25, -0.2) is 8.42 Å². The lowest BCUT2D eigenvalue weighted by molar-refractivity contribution is -0.142. The van der Waals surface area contributed by atoms with E-state index in [2.05, 4.69) is 15.4 Å². The number of allylic oxidation sites excluding steroid dienone is 1. The molecule has 1 aromatic rings. The molecule has 3 fully saturated rings. The molecule has 10 nitrogen and oxygen atoms in total. The highest BCUT2D eigenvalue weighted by Crippen LogP contribution is 2.46. The van der Waals surface area contributed by atoms with Gasteiger partial charge in [-0.15, -0.1) is 0 Å². The van der Waals surface area contributed by atoms with Gasteiger partial charge in [-0.3, -0.25) is 23.9 Å². The smallest absolute Gasteiger partial charge is 0.259 e. The summed E-state index contributed by atoms with van der Waals surface area (Å²) in [5.74, 6) is -2.04. The SMILES string of the molecule is O=C(Cc1ccccc1)NC1CCCCC/C=C\C2CC2(C(=O)NS(=O)(=O)C2CC2)NC(=O)C2CCCN2C1=O. The predicted octanol–water partition coefficient (Wildman–Crippen LogP) is 1.71. The van der Waals surface area contributed by atoms with E-state index in [1.54, 1.807) is 0 Å². The summed E-state index contributed by atoms with van der Waals surface area (Å²) in [5, 5.41) is 5.21. The maximum Gasteiger partial charge on any atom is 0.259 e. The Hall–Kier alpha value is -3.21. The van der Waals surface area contributed by atoms with Crippen LogP contribution < -0.4 is 15.4 Å². The van der Waals surface area contributed by atoms with Crippen molar-refractivity contribution in [1.29, 1.82) is 0 Å². The monoisotopic (exact) mass is 570 g/mol. The summed E-state index contributed by atoms with van der Waals surface area (Å²) in [7, 11) is -3.78. The van der Waals surface area contributed by atoms with Gasteiger partial charge in [0.1, 0.15) is 17.6 Å². The van der Waals surface area contributed by atoms with Crippen molar-refractivity contribution < 1.29 is 27.6 Å². The maximum absolute atomic E-state index is 13.7. The van der Waals surface area contributed by atoms with Gasteiger partial charge in [0.25, 0.3) is 5.91 Å². The molecule has 0 spiro atoms. The molecule has 1 saturated heterocycles. The molecule has 4 atom stereocenters. The molecular weight excluding hydrogens is 532 g/mol. The average molecular weight is 571 g/mol. The highest BCUT2D eigenvalue weighted by Gasteiger charge is 2.61. The third kappa shape index (κ3) is 6.40. The van der Waals surface area contributed by atoms with Gasteiger partial charge in [0, 0.05) is 12.5 Å². The standard InChI is InChI=1S/C29H38N4O6S/c34-25(18-20-10-5-4-6-11-20)30-23-13-8-3-1-2-7-12-21-19-29(21,28(37)32-40(38,39)22-15-16-22)31-26(35)24-14-9-17-33(24)27(23)36/h4-7,10-12,21-24H,1-3,8-9,13-19H2,(H,30,34)(H,31,35)(H,32,37)/b12-7-. The fourth-order valence-corrected chi connectivity index (χ4v) is 7.17. The second-order valence-corrected chi connectivity index (χ2v) is 13.4. The van der Waals surface area contributed by atoms with Crippen LogP contribution in [0.5, 0.6) is 0 Å². The fourth-order valence-electron chi connectivity index (χ4n) is 5.80. The molecule has 0 radical (unpaired) electrons. The number of hydrogen-bond donors (Lipinski definition) is 3. The Morgan fingerprint density at radius 2 is 1.77 bits per heavy atom. The van der Waals surface area contributed by atoms with E-state index in [-0.39, 0.29) is 24.2 Å². The number of nitrogens with zero attached hydrogens (tertiary/aromatic N) is 1. The molecule has 0 aromatic heterocycles. The molecule has 216 valence electrons. The maximum atomic E-state index is 13.7. The molecule has 4 aliphatic rings. The van der Waals surface area contributed by atoms with Crippen molar-refractivity contribution in [2.75, 3.05) is 6.54 Å². The topological polar surface area (TPSA) is 142 Å². The Morgan fingerprint density at radius 3 is 2.52 bits per heavy atom. The first-order valence-electron chi connectivity index (χ1n) is 14.4. The van der Waals surface area contributed by atoms with Crippen LogP contribution in [0.3, 0.4) is 0 Å². The molecule has 4 unspecified atom stereocenters. The van der Waals surface area contributed by atoms with Gasteiger partial charge in [0.05, 0.1) is 11.7 Å². The van der Waals surface area contributed by atoms with Crippen LogP contribution in [0, 0.1) is 5.92 Å². The van der Waals surface area contributed by atoms with Gasteiger partial charge in [-0.05, 0) is 56.9 Å². The van der Waals surface area contributed by atoms with Crippen molar-refractivity contribution in [1.82, 2.24) is 20.3 Å². The van der Waals surface area contributed by atoms with Gasteiger partial charge in [-0.1, -0.05) is 55.3 Å². The molecule has 5 rings (SSSR count). The molecule has 11 heteroatoms. The largest absolute Gasteiger partial charge is 0.344 e. The number of rotatable bonds is 6. The molecule has 40 heavy (non-hydrogen) atoms. The van der Waals surface area contributed by atoms with Crippen molar-refractivity contribution in [2.24, 2.45) is 5.92 Å². The van der Waals surface area contributed by atoms with Crippen LogP contribution in [-0.4, -0.2) is 66.4 Å². The normalized spacial score (nSPS) is 30.1. The lowest BCUT2D eigenvalue weighted by Crippen LogP contribution is -2.58. The third-order valence-electron chi connectivity index (χ3n) is 8.38. The first kappa shape index (κ1) is 28.3. The van der Waals surface area contributed by atoms with E-state index >= 15 is 0 Å².